The van der Waals surface area contributed by atoms with Crippen molar-refractivity contribution >= 4 is 21.4 Å². The third-order valence-corrected chi connectivity index (χ3v) is 4.96. The van der Waals surface area contributed by atoms with E-state index in [1.807, 2.05) is 17.7 Å². The van der Waals surface area contributed by atoms with Gasteiger partial charge in [0.15, 0.2) is 0 Å². The lowest BCUT2D eigenvalue weighted by atomic mass is 10.2. The van der Waals surface area contributed by atoms with E-state index < -0.39 is 10.0 Å². The molecule has 1 rings (SSSR count). The molecule has 0 fully saturated rings. The first-order valence-electron chi connectivity index (χ1n) is 6.25. The predicted octanol–water partition coefficient (Wildman–Crippen LogP) is 1.87. The Labute approximate surface area is 114 Å². The summed E-state index contributed by atoms with van der Waals surface area (Å²) < 4.78 is 26.1. The van der Waals surface area contributed by atoms with Crippen molar-refractivity contribution in [3.05, 3.63) is 21.9 Å². The summed E-state index contributed by atoms with van der Waals surface area (Å²) in [5.41, 5.74) is 2.21. The van der Waals surface area contributed by atoms with E-state index in [0.717, 1.165) is 30.6 Å². The van der Waals surface area contributed by atoms with Crippen molar-refractivity contribution in [3.63, 3.8) is 0 Å². The van der Waals surface area contributed by atoms with Crippen LogP contribution in [0.15, 0.2) is 10.8 Å². The number of nitrogens with one attached hydrogen (secondary N) is 2. The van der Waals surface area contributed by atoms with E-state index >= 15 is 0 Å². The maximum Gasteiger partial charge on any atom is 0.211 e. The Hall–Kier alpha value is -0.430. The molecule has 0 atom stereocenters. The average molecular weight is 290 g/mol. The SMILES string of the molecule is CCCNCCCS(=O)(=O)NCc1cscc1C. The summed E-state index contributed by atoms with van der Waals surface area (Å²) in [6.07, 6.45) is 1.72. The van der Waals surface area contributed by atoms with Crippen molar-refractivity contribution in [1.29, 1.82) is 0 Å². The summed E-state index contributed by atoms with van der Waals surface area (Å²) in [5.74, 6) is 0.187. The van der Waals surface area contributed by atoms with Gasteiger partial charge in [-0.2, -0.15) is 11.3 Å². The fourth-order valence-electron chi connectivity index (χ4n) is 1.52. The van der Waals surface area contributed by atoms with Crippen LogP contribution in [0, 0.1) is 6.92 Å². The number of hydrogen-bond acceptors (Lipinski definition) is 4. The van der Waals surface area contributed by atoms with Gasteiger partial charge in [-0.25, -0.2) is 13.1 Å². The molecule has 4 nitrogen and oxygen atoms in total. The molecule has 1 heterocycles. The number of rotatable bonds is 9. The van der Waals surface area contributed by atoms with Crippen molar-refractivity contribution in [2.24, 2.45) is 0 Å². The summed E-state index contributed by atoms with van der Waals surface area (Å²) >= 11 is 1.60. The minimum absolute atomic E-state index is 0.187. The Morgan fingerprint density at radius 3 is 2.67 bits per heavy atom. The van der Waals surface area contributed by atoms with Crippen LogP contribution in [0.1, 0.15) is 30.9 Å². The van der Waals surface area contributed by atoms with E-state index in [-0.39, 0.29) is 5.75 Å². The molecule has 18 heavy (non-hydrogen) atoms. The fourth-order valence-corrected chi connectivity index (χ4v) is 3.42. The predicted molar refractivity (Wildman–Crippen MR) is 77.5 cm³/mol. The van der Waals surface area contributed by atoms with Crippen LogP contribution in [-0.4, -0.2) is 27.3 Å². The monoisotopic (exact) mass is 290 g/mol. The van der Waals surface area contributed by atoms with Crippen molar-refractivity contribution in [2.75, 3.05) is 18.8 Å². The molecular formula is C12H22N2O2S2. The first-order chi connectivity index (χ1) is 8.55. The maximum atomic E-state index is 11.7. The van der Waals surface area contributed by atoms with Gasteiger partial charge in [-0.1, -0.05) is 6.92 Å². The number of aryl methyl sites for hydroxylation is 1. The molecule has 1 aromatic rings. The highest BCUT2D eigenvalue weighted by molar-refractivity contribution is 7.89. The highest BCUT2D eigenvalue weighted by Crippen LogP contribution is 2.13. The van der Waals surface area contributed by atoms with Crippen molar-refractivity contribution in [2.45, 2.75) is 33.2 Å². The van der Waals surface area contributed by atoms with Gasteiger partial charge in [0.1, 0.15) is 0 Å². The second-order valence-electron chi connectivity index (χ2n) is 4.32. The lowest BCUT2D eigenvalue weighted by molar-refractivity contribution is 0.574. The molecule has 0 saturated carbocycles. The summed E-state index contributed by atoms with van der Waals surface area (Å²) in [6.45, 7) is 6.19. The van der Waals surface area contributed by atoms with E-state index in [2.05, 4.69) is 17.0 Å². The summed E-state index contributed by atoms with van der Waals surface area (Å²) in [4.78, 5) is 0. The first kappa shape index (κ1) is 15.6. The van der Waals surface area contributed by atoms with Gasteiger partial charge in [0.2, 0.25) is 10.0 Å². The van der Waals surface area contributed by atoms with E-state index in [1.54, 1.807) is 11.3 Å². The number of sulfonamides is 1. The van der Waals surface area contributed by atoms with Gasteiger partial charge < -0.3 is 5.32 Å². The smallest absolute Gasteiger partial charge is 0.211 e. The Bertz CT molecular complexity index is 441. The minimum atomic E-state index is -3.15. The molecule has 0 radical (unpaired) electrons. The molecule has 2 N–H and O–H groups in total. The van der Waals surface area contributed by atoms with E-state index in [9.17, 15) is 8.42 Å². The molecule has 0 aromatic carbocycles. The zero-order valence-corrected chi connectivity index (χ0v) is 12.7. The van der Waals surface area contributed by atoms with Crippen molar-refractivity contribution in [3.8, 4) is 0 Å². The number of hydrogen-bond donors (Lipinski definition) is 2. The van der Waals surface area contributed by atoms with Crippen molar-refractivity contribution < 1.29 is 8.42 Å². The van der Waals surface area contributed by atoms with Gasteiger partial charge in [-0.05, 0) is 54.7 Å². The molecule has 0 aliphatic heterocycles. The third kappa shape index (κ3) is 5.95. The number of thiophene rings is 1. The maximum absolute atomic E-state index is 11.7. The Balaban J connectivity index is 2.25. The van der Waals surface area contributed by atoms with Crippen LogP contribution in [0.4, 0.5) is 0 Å². The van der Waals surface area contributed by atoms with Crippen LogP contribution in [0.5, 0.6) is 0 Å². The molecule has 1 aromatic heterocycles. The molecule has 0 aliphatic rings. The molecular weight excluding hydrogens is 268 g/mol. The molecule has 0 aliphatic carbocycles. The second kappa shape index (κ2) is 7.89. The molecule has 0 amide bonds. The van der Waals surface area contributed by atoms with Gasteiger partial charge in [-0.3, -0.25) is 0 Å². The highest BCUT2D eigenvalue weighted by Gasteiger charge is 2.10. The molecule has 6 heteroatoms. The van der Waals surface area contributed by atoms with Gasteiger partial charge in [-0.15, -0.1) is 0 Å². The van der Waals surface area contributed by atoms with Crippen LogP contribution < -0.4 is 10.0 Å². The fraction of sp³-hybridized carbons (Fsp3) is 0.667. The highest BCUT2D eigenvalue weighted by atomic mass is 32.2. The summed E-state index contributed by atoms with van der Waals surface area (Å²) in [7, 11) is -3.15. The van der Waals surface area contributed by atoms with Crippen molar-refractivity contribution in [1.82, 2.24) is 10.0 Å². The standard InChI is InChI=1S/C12H22N2O2S2/c1-3-5-13-6-4-7-18(15,16)14-8-12-10-17-9-11(12)2/h9-10,13-14H,3-8H2,1-2H3. The Morgan fingerprint density at radius 2 is 2.06 bits per heavy atom. The molecule has 0 bridgehead atoms. The molecule has 0 spiro atoms. The van der Waals surface area contributed by atoms with Crippen LogP contribution in [-0.2, 0) is 16.6 Å². The molecule has 0 unspecified atom stereocenters. The Kier molecular flexibility index (Phi) is 6.85. The quantitative estimate of drug-likeness (QED) is 0.683. The van der Waals surface area contributed by atoms with Crippen LogP contribution in [0.3, 0.4) is 0 Å². The normalized spacial score (nSPS) is 11.9. The molecule has 0 saturated heterocycles. The second-order valence-corrected chi connectivity index (χ2v) is 6.99. The van der Waals surface area contributed by atoms with Crippen LogP contribution in [0.2, 0.25) is 0 Å². The lowest BCUT2D eigenvalue weighted by Crippen LogP contribution is -2.28. The van der Waals surface area contributed by atoms with Gasteiger partial charge >= 0.3 is 0 Å². The van der Waals surface area contributed by atoms with Gasteiger partial charge in [0.25, 0.3) is 0 Å². The molecule has 104 valence electrons. The minimum Gasteiger partial charge on any atom is -0.317 e. The van der Waals surface area contributed by atoms with Crippen LogP contribution in [0.25, 0.3) is 0 Å². The van der Waals surface area contributed by atoms with E-state index in [0.29, 0.717) is 13.0 Å². The third-order valence-electron chi connectivity index (χ3n) is 2.64. The van der Waals surface area contributed by atoms with Gasteiger partial charge in [0.05, 0.1) is 5.75 Å². The zero-order valence-electron chi connectivity index (χ0n) is 11.0. The topological polar surface area (TPSA) is 58.2 Å². The van der Waals surface area contributed by atoms with Gasteiger partial charge in [0, 0.05) is 6.54 Å². The zero-order chi connectivity index (χ0) is 13.4. The Morgan fingerprint density at radius 1 is 1.28 bits per heavy atom. The van der Waals surface area contributed by atoms with Crippen LogP contribution >= 0.6 is 11.3 Å². The largest absolute Gasteiger partial charge is 0.317 e. The summed E-state index contributed by atoms with van der Waals surface area (Å²) in [5, 5.41) is 7.21. The summed E-state index contributed by atoms with van der Waals surface area (Å²) in [6, 6.07) is 0. The lowest BCUT2D eigenvalue weighted by Gasteiger charge is -2.07. The first-order valence-corrected chi connectivity index (χ1v) is 8.84. The van der Waals surface area contributed by atoms with E-state index in [1.165, 1.54) is 0 Å². The van der Waals surface area contributed by atoms with E-state index in [4.69, 9.17) is 0 Å². The average Bonchev–Trinajstić information content (AvgIpc) is 2.72.